The smallest absolute Gasteiger partial charge is 0.396 e. The number of aliphatic hydroxyl groups is 1. The van der Waals surface area contributed by atoms with Crippen LogP contribution in [0, 0.1) is 11.8 Å². The number of alkyl halides is 3. The van der Waals surface area contributed by atoms with Gasteiger partial charge in [-0.05, 0) is 25.2 Å². The number of aliphatic hydroxyl groups excluding tert-OH is 1. The predicted molar refractivity (Wildman–Crippen MR) is 71.6 cm³/mol. The minimum absolute atomic E-state index is 0.0243. The lowest BCUT2D eigenvalue weighted by atomic mass is 9.98. The van der Waals surface area contributed by atoms with Gasteiger partial charge in [0.05, 0.1) is 0 Å². The van der Waals surface area contributed by atoms with Crippen LogP contribution in [0.4, 0.5) is 18.0 Å². The van der Waals surface area contributed by atoms with Gasteiger partial charge in [0.1, 0.15) is 6.04 Å². The van der Waals surface area contributed by atoms with E-state index >= 15 is 0 Å². The highest BCUT2D eigenvalue weighted by Crippen LogP contribution is 2.35. The number of hydrogen-bond donors (Lipinski definition) is 3. The molecule has 0 bridgehead atoms. The number of rotatable bonds is 4. The number of nitrogens with one attached hydrogen (secondary N) is 2. The minimum Gasteiger partial charge on any atom is -0.396 e. The molecule has 2 aliphatic rings. The molecule has 0 aromatic carbocycles. The van der Waals surface area contributed by atoms with Crippen LogP contribution in [-0.2, 0) is 0 Å². The maximum Gasteiger partial charge on any atom is 0.408 e. The molecule has 0 unspecified atom stereocenters. The van der Waals surface area contributed by atoms with Gasteiger partial charge in [-0.3, -0.25) is 0 Å². The third kappa shape index (κ3) is 4.36. The molecule has 0 aliphatic heterocycles. The van der Waals surface area contributed by atoms with Crippen molar-refractivity contribution in [2.75, 3.05) is 6.61 Å². The molecular formula is C14H21F3N2O2. The molecule has 2 aliphatic carbocycles. The molecule has 0 aromatic rings. The molecular weight excluding hydrogens is 285 g/mol. The zero-order valence-electron chi connectivity index (χ0n) is 11.7. The second-order valence-corrected chi connectivity index (χ2v) is 5.85. The topological polar surface area (TPSA) is 61.4 Å². The van der Waals surface area contributed by atoms with Gasteiger partial charge in [-0.2, -0.15) is 13.2 Å². The van der Waals surface area contributed by atoms with Crippen molar-refractivity contribution >= 4 is 6.03 Å². The lowest BCUT2D eigenvalue weighted by molar-refractivity contribution is -0.164. The second-order valence-electron chi connectivity index (χ2n) is 5.85. The second kappa shape index (κ2) is 6.68. The first-order valence-electron chi connectivity index (χ1n) is 7.33. The van der Waals surface area contributed by atoms with E-state index in [1.807, 2.05) is 0 Å². The number of hydrogen-bond acceptors (Lipinski definition) is 2. The van der Waals surface area contributed by atoms with E-state index in [-0.39, 0.29) is 18.6 Å². The largest absolute Gasteiger partial charge is 0.408 e. The molecule has 0 radical (unpaired) electrons. The third-order valence-electron chi connectivity index (χ3n) is 4.23. The first kappa shape index (κ1) is 16.1. The molecule has 3 atom stereocenters. The van der Waals surface area contributed by atoms with Gasteiger partial charge in [0.25, 0.3) is 0 Å². The predicted octanol–water partition coefficient (Wildman–Crippen LogP) is 2.34. The van der Waals surface area contributed by atoms with Crippen molar-refractivity contribution in [1.82, 2.24) is 10.6 Å². The Hall–Kier alpha value is -1.24. The normalized spacial score (nSPS) is 27.8. The van der Waals surface area contributed by atoms with Gasteiger partial charge in [0.2, 0.25) is 0 Å². The van der Waals surface area contributed by atoms with Crippen molar-refractivity contribution in [3.63, 3.8) is 0 Å². The number of carbonyl (C=O) groups excluding carboxylic acids is 1. The summed E-state index contributed by atoms with van der Waals surface area (Å²) < 4.78 is 39.2. The van der Waals surface area contributed by atoms with Gasteiger partial charge in [0, 0.05) is 18.6 Å². The van der Waals surface area contributed by atoms with E-state index in [1.165, 1.54) is 0 Å². The van der Waals surface area contributed by atoms with Crippen molar-refractivity contribution in [2.45, 2.75) is 50.4 Å². The van der Waals surface area contributed by atoms with Crippen LogP contribution in [-0.4, -0.2) is 36.0 Å². The fraction of sp³-hybridized carbons (Fsp3) is 0.786. The molecule has 0 heterocycles. The quantitative estimate of drug-likeness (QED) is 0.698. The summed E-state index contributed by atoms with van der Waals surface area (Å²) in [4.78, 5) is 11.8. The van der Waals surface area contributed by atoms with Crippen LogP contribution < -0.4 is 10.6 Å². The van der Waals surface area contributed by atoms with Gasteiger partial charge < -0.3 is 15.7 Å². The molecule has 120 valence electrons. The van der Waals surface area contributed by atoms with Crippen molar-refractivity contribution in [2.24, 2.45) is 11.8 Å². The van der Waals surface area contributed by atoms with E-state index in [0.717, 1.165) is 12.8 Å². The van der Waals surface area contributed by atoms with E-state index in [1.54, 1.807) is 12.2 Å². The molecule has 0 saturated heterocycles. The molecule has 4 nitrogen and oxygen atoms in total. The molecule has 21 heavy (non-hydrogen) atoms. The third-order valence-corrected chi connectivity index (χ3v) is 4.23. The number of amides is 2. The zero-order chi connectivity index (χ0) is 15.5. The molecule has 2 rings (SSSR count). The van der Waals surface area contributed by atoms with E-state index < -0.39 is 24.2 Å². The molecule has 1 fully saturated rings. The van der Waals surface area contributed by atoms with Crippen LogP contribution in [0.2, 0.25) is 0 Å². The van der Waals surface area contributed by atoms with Crippen LogP contribution >= 0.6 is 0 Å². The minimum atomic E-state index is -4.43. The van der Waals surface area contributed by atoms with Gasteiger partial charge in [0.15, 0.2) is 0 Å². The monoisotopic (exact) mass is 306 g/mol. The molecule has 2 amide bonds. The average Bonchev–Trinajstić information content (AvgIpc) is 3.05. The van der Waals surface area contributed by atoms with Crippen molar-refractivity contribution in [3.05, 3.63) is 12.2 Å². The fourth-order valence-corrected chi connectivity index (χ4v) is 3.13. The van der Waals surface area contributed by atoms with Crippen LogP contribution in [0.1, 0.15) is 32.1 Å². The summed E-state index contributed by atoms with van der Waals surface area (Å²) in [5.41, 5.74) is 0. The van der Waals surface area contributed by atoms with E-state index in [9.17, 15) is 18.0 Å². The first-order valence-corrected chi connectivity index (χ1v) is 7.33. The molecule has 3 N–H and O–H groups in total. The summed E-state index contributed by atoms with van der Waals surface area (Å²) in [6, 6.07) is -2.89. The molecule has 0 aromatic heterocycles. The Morgan fingerprint density at radius 2 is 1.95 bits per heavy atom. The van der Waals surface area contributed by atoms with E-state index in [0.29, 0.717) is 19.3 Å². The highest BCUT2D eigenvalue weighted by molar-refractivity contribution is 5.75. The van der Waals surface area contributed by atoms with Gasteiger partial charge in [-0.25, -0.2) is 4.79 Å². The lowest BCUT2D eigenvalue weighted by Gasteiger charge is -2.27. The first-order chi connectivity index (χ1) is 9.90. The molecule has 1 saturated carbocycles. The maximum absolute atomic E-state index is 13.1. The highest BCUT2D eigenvalue weighted by Gasteiger charge is 2.46. The fourth-order valence-electron chi connectivity index (χ4n) is 3.13. The van der Waals surface area contributed by atoms with Crippen molar-refractivity contribution < 1.29 is 23.1 Å². The Balaban J connectivity index is 1.88. The number of carbonyl (C=O) groups is 1. The number of halogens is 3. The van der Waals surface area contributed by atoms with Gasteiger partial charge in [-0.15, -0.1) is 0 Å². The Morgan fingerprint density at radius 1 is 1.29 bits per heavy atom. The summed E-state index contributed by atoms with van der Waals surface area (Å²) in [5, 5.41) is 13.6. The van der Waals surface area contributed by atoms with Crippen molar-refractivity contribution in [3.8, 4) is 0 Å². The Bertz CT molecular complexity index is 392. The standard InChI is InChI=1S/C14H21F3N2O2/c15-14(16,17)12(10-3-1-2-4-10)19-13(21)18-11-6-5-9(7-11)8-20/h5-6,9-12,20H,1-4,7-8H2,(H2,18,19,21)/t9-,11+,12+/m0/s1. The van der Waals surface area contributed by atoms with Gasteiger partial charge in [-0.1, -0.05) is 25.0 Å². The van der Waals surface area contributed by atoms with Crippen molar-refractivity contribution in [1.29, 1.82) is 0 Å². The zero-order valence-corrected chi connectivity index (χ0v) is 11.7. The Labute approximate surface area is 121 Å². The molecule has 7 heteroatoms. The molecule has 0 spiro atoms. The SMILES string of the molecule is O=C(N[C@@H]1C=C[C@H](CO)C1)N[C@H](C1CCCC1)C(F)(F)F. The number of urea groups is 1. The Kier molecular flexibility index (Phi) is 5.13. The van der Waals surface area contributed by atoms with Crippen LogP contribution in [0.5, 0.6) is 0 Å². The Morgan fingerprint density at radius 3 is 2.48 bits per heavy atom. The van der Waals surface area contributed by atoms with Gasteiger partial charge >= 0.3 is 12.2 Å². The lowest BCUT2D eigenvalue weighted by Crippen LogP contribution is -2.54. The summed E-state index contributed by atoms with van der Waals surface area (Å²) in [5.74, 6) is -0.566. The van der Waals surface area contributed by atoms with E-state index in [2.05, 4.69) is 10.6 Å². The average molecular weight is 306 g/mol. The van der Waals surface area contributed by atoms with Crippen LogP contribution in [0.15, 0.2) is 12.2 Å². The van der Waals surface area contributed by atoms with Crippen LogP contribution in [0.25, 0.3) is 0 Å². The van der Waals surface area contributed by atoms with E-state index in [4.69, 9.17) is 5.11 Å². The summed E-state index contributed by atoms with van der Waals surface area (Å²) in [7, 11) is 0. The highest BCUT2D eigenvalue weighted by atomic mass is 19.4. The summed E-state index contributed by atoms with van der Waals surface area (Å²) in [6.07, 6.45) is 2.13. The van der Waals surface area contributed by atoms with Crippen LogP contribution in [0.3, 0.4) is 0 Å². The maximum atomic E-state index is 13.1. The summed E-state index contributed by atoms with van der Waals surface area (Å²) in [6.45, 7) is -0.0243. The summed E-state index contributed by atoms with van der Waals surface area (Å²) >= 11 is 0.